The second-order valence-electron chi connectivity index (χ2n) is 7.76. The first-order chi connectivity index (χ1) is 13.0. The summed E-state index contributed by atoms with van der Waals surface area (Å²) in [6.45, 7) is 9.74. The van der Waals surface area contributed by atoms with E-state index in [1.54, 1.807) is 13.8 Å². The second-order valence-corrected chi connectivity index (χ2v) is 9.59. The molecule has 0 radical (unpaired) electrons. The third-order valence-corrected chi connectivity index (χ3v) is 6.99. The Hall–Kier alpha value is -1.93. The van der Waals surface area contributed by atoms with E-state index in [9.17, 15) is 18.0 Å². The molecule has 1 aliphatic heterocycles. The molecule has 1 heterocycles. The minimum absolute atomic E-state index is 0.0413. The summed E-state index contributed by atoms with van der Waals surface area (Å²) in [5, 5.41) is 5.48. The summed E-state index contributed by atoms with van der Waals surface area (Å²) in [6, 6.07) is 2.99. The number of nitrogens with one attached hydrogen (secondary N) is 2. The van der Waals surface area contributed by atoms with Crippen molar-refractivity contribution in [3.05, 3.63) is 28.8 Å². The maximum Gasteiger partial charge on any atom is 0.244 e. The number of amides is 2. The molecule has 0 bridgehead atoms. The molecule has 28 heavy (non-hydrogen) atoms. The highest BCUT2D eigenvalue weighted by molar-refractivity contribution is 7.89. The highest BCUT2D eigenvalue weighted by Gasteiger charge is 2.40. The zero-order valence-corrected chi connectivity index (χ0v) is 18.1. The zero-order valence-electron chi connectivity index (χ0n) is 17.3. The number of rotatable bonds is 7. The van der Waals surface area contributed by atoms with Crippen LogP contribution in [0.3, 0.4) is 0 Å². The molecule has 2 rings (SSSR count). The third-order valence-electron chi connectivity index (χ3n) is 4.78. The van der Waals surface area contributed by atoms with Crippen molar-refractivity contribution in [2.75, 3.05) is 13.1 Å². The number of benzene rings is 1. The Balaban J connectivity index is 2.11. The van der Waals surface area contributed by atoms with Gasteiger partial charge in [0, 0.05) is 25.6 Å². The lowest BCUT2D eigenvalue weighted by Gasteiger charge is -2.25. The molecule has 0 spiro atoms. The van der Waals surface area contributed by atoms with Gasteiger partial charge in [-0.3, -0.25) is 9.59 Å². The molecule has 1 unspecified atom stereocenters. The van der Waals surface area contributed by atoms with Crippen LogP contribution in [-0.4, -0.2) is 49.7 Å². The number of carbonyl (C=O) groups is 2. The number of aryl methyl sites for hydroxylation is 3. The van der Waals surface area contributed by atoms with E-state index in [-0.39, 0.29) is 35.7 Å². The Labute approximate surface area is 167 Å². The third kappa shape index (κ3) is 5.11. The van der Waals surface area contributed by atoms with E-state index in [0.717, 1.165) is 5.56 Å². The van der Waals surface area contributed by atoms with Crippen molar-refractivity contribution < 1.29 is 18.0 Å². The summed E-state index contributed by atoms with van der Waals surface area (Å²) in [7, 11) is -3.78. The Morgan fingerprint density at radius 2 is 1.79 bits per heavy atom. The van der Waals surface area contributed by atoms with Gasteiger partial charge in [-0.25, -0.2) is 8.42 Å². The smallest absolute Gasteiger partial charge is 0.244 e. The predicted molar refractivity (Wildman–Crippen MR) is 108 cm³/mol. The number of hydrogen-bond donors (Lipinski definition) is 2. The van der Waals surface area contributed by atoms with E-state index >= 15 is 0 Å². The van der Waals surface area contributed by atoms with Gasteiger partial charge < -0.3 is 10.6 Å². The van der Waals surface area contributed by atoms with Crippen LogP contribution in [0.4, 0.5) is 0 Å². The summed E-state index contributed by atoms with van der Waals surface area (Å²) in [4.78, 5) is 24.6. The number of sulfonamides is 1. The average Bonchev–Trinajstić information content (AvgIpc) is 3.03. The summed E-state index contributed by atoms with van der Waals surface area (Å²) >= 11 is 0. The molecule has 1 aliphatic rings. The van der Waals surface area contributed by atoms with Crippen molar-refractivity contribution in [1.82, 2.24) is 14.9 Å². The highest BCUT2D eigenvalue weighted by Crippen LogP contribution is 2.30. The fourth-order valence-corrected chi connectivity index (χ4v) is 5.86. The van der Waals surface area contributed by atoms with Gasteiger partial charge in [-0.2, -0.15) is 4.31 Å². The fraction of sp³-hybridized carbons (Fsp3) is 0.600. The first-order valence-corrected chi connectivity index (χ1v) is 11.1. The van der Waals surface area contributed by atoms with Gasteiger partial charge >= 0.3 is 0 Å². The summed E-state index contributed by atoms with van der Waals surface area (Å²) in [5.74, 6) is -0.488. The van der Waals surface area contributed by atoms with Crippen LogP contribution in [0.25, 0.3) is 0 Å². The molecular weight excluding hydrogens is 378 g/mol. The summed E-state index contributed by atoms with van der Waals surface area (Å²) < 4.78 is 27.9. The maximum absolute atomic E-state index is 13.3. The van der Waals surface area contributed by atoms with Gasteiger partial charge in [-0.05, 0) is 58.6 Å². The first-order valence-electron chi connectivity index (χ1n) is 9.70. The van der Waals surface area contributed by atoms with Gasteiger partial charge in [-0.1, -0.05) is 17.7 Å². The molecule has 0 aromatic heterocycles. The van der Waals surface area contributed by atoms with Gasteiger partial charge in [0.1, 0.15) is 6.04 Å². The van der Waals surface area contributed by atoms with E-state index in [2.05, 4.69) is 10.6 Å². The molecule has 8 heteroatoms. The van der Waals surface area contributed by atoms with Crippen LogP contribution in [-0.2, 0) is 19.6 Å². The standard InChI is InChI=1S/C20H31N3O4S/c1-13(2)22-18(24)8-9-21-20(25)17-7-6-10-23(17)28(26,27)19-15(4)11-14(3)12-16(19)5/h11-13,17H,6-10H2,1-5H3,(H,21,25)(H,22,24). The molecule has 1 atom stereocenters. The van der Waals surface area contributed by atoms with E-state index in [1.807, 2.05) is 32.9 Å². The highest BCUT2D eigenvalue weighted by atomic mass is 32.2. The van der Waals surface area contributed by atoms with Crippen molar-refractivity contribution >= 4 is 21.8 Å². The molecule has 0 aliphatic carbocycles. The minimum Gasteiger partial charge on any atom is -0.354 e. The van der Waals surface area contributed by atoms with Crippen molar-refractivity contribution in [2.24, 2.45) is 0 Å². The van der Waals surface area contributed by atoms with Gasteiger partial charge in [-0.15, -0.1) is 0 Å². The monoisotopic (exact) mass is 409 g/mol. The number of hydrogen-bond acceptors (Lipinski definition) is 4. The van der Waals surface area contributed by atoms with Crippen LogP contribution in [0.15, 0.2) is 17.0 Å². The Kier molecular flexibility index (Phi) is 7.22. The lowest BCUT2D eigenvalue weighted by Crippen LogP contribution is -2.46. The van der Waals surface area contributed by atoms with Gasteiger partial charge in [0.15, 0.2) is 0 Å². The summed E-state index contributed by atoms with van der Waals surface area (Å²) in [6.07, 6.45) is 1.28. The second kappa shape index (κ2) is 9.05. The van der Waals surface area contributed by atoms with Crippen LogP contribution in [0.1, 0.15) is 49.8 Å². The van der Waals surface area contributed by atoms with Crippen molar-refractivity contribution in [1.29, 1.82) is 0 Å². The Morgan fingerprint density at radius 1 is 1.18 bits per heavy atom. The van der Waals surface area contributed by atoms with Crippen molar-refractivity contribution in [3.63, 3.8) is 0 Å². The SMILES string of the molecule is Cc1cc(C)c(S(=O)(=O)N2CCCC2C(=O)NCCC(=O)NC(C)C)c(C)c1. The molecule has 156 valence electrons. The fourth-order valence-electron chi connectivity index (χ4n) is 3.79. The van der Waals surface area contributed by atoms with Gasteiger partial charge in [0.2, 0.25) is 21.8 Å². The summed E-state index contributed by atoms with van der Waals surface area (Å²) in [5.41, 5.74) is 2.38. The maximum atomic E-state index is 13.3. The average molecular weight is 410 g/mol. The molecule has 2 N–H and O–H groups in total. The molecule has 1 fully saturated rings. The topological polar surface area (TPSA) is 95.6 Å². The van der Waals surface area contributed by atoms with E-state index in [1.165, 1.54) is 4.31 Å². The lowest BCUT2D eigenvalue weighted by atomic mass is 10.1. The molecule has 1 aromatic rings. The Morgan fingerprint density at radius 3 is 2.36 bits per heavy atom. The molecule has 1 aromatic carbocycles. The number of nitrogens with zero attached hydrogens (tertiary/aromatic N) is 1. The molecular formula is C20H31N3O4S. The lowest BCUT2D eigenvalue weighted by molar-refractivity contribution is -0.124. The quantitative estimate of drug-likeness (QED) is 0.718. The predicted octanol–water partition coefficient (Wildman–Crippen LogP) is 1.80. The largest absolute Gasteiger partial charge is 0.354 e. The van der Waals surface area contributed by atoms with Crippen LogP contribution >= 0.6 is 0 Å². The molecule has 0 saturated carbocycles. The normalized spacial score (nSPS) is 17.7. The van der Waals surface area contributed by atoms with E-state index in [4.69, 9.17) is 0 Å². The molecule has 2 amide bonds. The van der Waals surface area contributed by atoms with Crippen LogP contribution in [0.2, 0.25) is 0 Å². The Bertz CT molecular complexity index is 826. The van der Waals surface area contributed by atoms with Crippen molar-refractivity contribution in [2.45, 2.75) is 70.9 Å². The van der Waals surface area contributed by atoms with Gasteiger partial charge in [0.25, 0.3) is 0 Å². The van der Waals surface area contributed by atoms with Gasteiger partial charge in [0.05, 0.1) is 4.90 Å². The van der Waals surface area contributed by atoms with E-state index < -0.39 is 16.1 Å². The van der Waals surface area contributed by atoms with Crippen LogP contribution in [0, 0.1) is 20.8 Å². The van der Waals surface area contributed by atoms with Crippen molar-refractivity contribution in [3.8, 4) is 0 Å². The molecule has 7 nitrogen and oxygen atoms in total. The first kappa shape index (κ1) is 22.4. The molecule has 1 saturated heterocycles. The van der Waals surface area contributed by atoms with Crippen LogP contribution in [0.5, 0.6) is 0 Å². The van der Waals surface area contributed by atoms with E-state index in [0.29, 0.717) is 30.5 Å². The minimum atomic E-state index is -3.78. The zero-order chi connectivity index (χ0) is 21.1. The van der Waals surface area contributed by atoms with Crippen LogP contribution < -0.4 is 10.6 Å². The number of carbonyl (C=O) groups excluding carboxylic acids is 2.